The molecule has 2 rings (SSSR count). The van der Waals surface area contributed by atoms with Crippen LogP contribution in [0.5, 0.6) is 5.75 Å². The average molecular weight is 321 g/mol. The second-order valence-corrected chi connectivity index (χ2v) is 6.08. The van der Waals surface area contributed by atoms with E-state index in [1.807, 2.05) is 38.4 Å². The highest BCUT2D eigenvalue weighted by molar-refractivity contribution is 5.78. The minimum absolute atomic E-state index is 0.0291. The first kappa shape index (κ1) is 17.7. The van der Waals surface area contributed by atoms with Gasteiger partial charge in [0.15, 0.2) is 0 Å². The SMILES string of the molecule is COc1ccccc1CNC(=O)CN1CCO[C@@H](CN(C)C)C1. The molecule has 1 aromatic rings. The Bertz CT molecular complexity index is 508. The molecule has 23 heavy (non-hydrogen) atoms. The summed E-state index contributed by atoms with van der Waals surface area (Å²) >= 11 is 0. The predicted molar refractivity (Wildman–Crippen MR) is 89.6 cm³/mol. The van der Waals surface area contributed by atoms with Crippen molar-refractivity contribution < 1.29 is 14.3 Å². The Labute approximate surface area is 138 Å². The molecule has 1 atom stereocenters. The predicted octanol–water partition coefficient (Wildman–Crippen LogP) is 0.574. The van der Waals surface area contributed by atoms with E-state index in [-0.39, 0.29) is 12.0 Å². The maximum absolute atomic E-state index is 12.2. The molecule has 1 aromatic carbocycles. The fourth-order valence-corrected chi connectivity index (χ4v) is 2.74. The molecule has 6 heteroatoms. The molecule has 0 aliphatic carbocycles. The topological polar surface area (TPSA) is 54.0 Å². The number of hydrogen-bond donors (Lipinski definition) is 1. The van der Waals surface area contributed by atoms with E-state index in [4.69, 9.17) is 9.47 Å². The first-order valence-electron chi connectivity index (χ1n) is 7.95. The fraction of sp³-hybridized carbons (Fsp3) is 0.588. The summed E-state index contributed by atoms with van der Waals surface area (Å²) in [6.45, 7) is 4.03. The maximum Gasteiger partial charge on any atom is 0.234 e. The van der Waals surface area contributed by atoms with Crippen molar-refractivity contribution in [3.05, 3.63) is 29.8 Å². The van der Waals surface area contributed by atoms with Crippen molar-refractivity contribution in [2.75, 3.05) is 54.0 Å². The second-order valence-electron chi connectivity index (χ2n) is 6.08. The van der Waals surface area contributed by atoms with Gasteiger partial charge in [-0.25, -0.2) is 0 Å². The number of benzene rings is 1. The summed E-state index contributed by atoms with van der Waals surface area (Å²) in [5, 5.41) is 2.96. The van der Waals surface area contributed by atoms with Crippen molar-refractivity contribution in [2.45, 2.75) is 12.6 Å². The summed E-state index contributed by atoms with van der Waals surface area (Å²) in [6.07, 6.45) is 0.167. The van der Waals surface area contributed by atoms with Crippen LogP contribution in [0.1, 0.15) is 5.56 Å². The number of nitrogens with zero attached hydrogens (tertiary/aromatic N) is 2. The second kappa shape index (κ2) is 8.86. The molecule has 1 N–H and O–H groups in total. The molecule has 0 spiro atoms. The van der Waals surface area contributed by atoms with Crippen LogP contribution in [0, 0.1) is 0 Å². The van der Waals surface area contributed by atoms with Crippen LogP contribution in [0.2, 0.25) is 0 Å². The van der Waals surface area contributed by atoms with Gasteiger partial charge in [-0.2, -0.15) is 0 Å². The summed E-state index contributed by atoms with van der Waals surface area (Å²) in [5.74, 6) is 0.826. The van der Waals surface area contributed by atoms with E-state index in [0.29, 0.717) is 19.7 Å². The molecule has 0 bridgehead atoms. The Morgan fingerprint density at radius 2 is 2.22 bits per heavy atom. The van der Waals surface area contributed by atoms with Gasteiger partial charge in [-0.15, -0.1) is 0 Å². The average Bonchev–Trinajstić information content (AvgIpc) is 2.53. The number of hydrogen-bond acceptors (Lipinski definition) is 5. The molecule has 1 fully saturated rings. The van der Waals surface area contributed by atoms with Crippen molar-refractivity contribution in [3.8, 4) is 5.75 Å². The molecule has 0 radical (unpaired) electrons. The fourth-order valence-electron chi connectivity index (χ4n) is 2.74. The lowest BCUT2D eigenvalue weighted by molar-refractivity contribution is -0.124. The summed E-state index contributed by atoms with van der Waals surface area (Å²) < 4.78 is 11.0. The van der Waals surface area contributed by atoms with E-state index in [0.717, 1.165) is 30.9 Å². The largest absolute Gasteiger partial charge is 0.496 e. The molecule has 128 valence electrons. The quantitative estimate of drug-likeness (QED) is 0.796. The molecule has 0 saturated carbocycles. The monoisotopic (exact) mass is 321 g/mol. The highest BCUT2D eigenvalue weighted by atomic mass is 16.5. The van der Waals surface area contributed by atoms with Crippen molar-refractivity contribution in [3.63, 3.8) is 0 Å². The zero-order valence-electron chi connectivity index (χ0n) is 14.2. The van der Waals surface area contributed by atoms with Gasteiger partial charge < -0.3 is 19.7 Å². The van der Waals surface area contributed by atoms with Crippen LogP contribution >= 0.6 is 0 Å². The van der Waals surface area contributed by atoms with Crippen molar-refractivity contribution in [1.29, 1.82) is 0 Å². The van der Waals surface area contributed by atoms with Gasteiger partial charge in [0.05, 0.1) is 26.4 Å². The summed E-state index contributed by atoms with van der Waals surface area (Å²) in [7, 11) is 5.70. The number of likely N-dealkylation sites (N-methyl/N-ethyl adjacent to an activating group) is 1. The van der Waals surface area contributed by atoms with Gasteiger partial charge in [0.1, 0.15) is 5.75 Å². The lowest BCUT2D eigenvalue weighted by atomic mass is 10.2. The van der Waals surface area contributed by atoms with Crippen molar-refractivity contribution in [1.82, 2.24) is 15.1 Å². The third kappa shape index (κ3) is 5.82. The molecular weight excluding hydrogens is 294 g/mol. The Morgan fingerprint density at radius 1 is 1.43 bits per heavy atom. The van der Waals surface area contributed by atoms with Gasteiger partial charge in [0.2, 0.25) is 5.91 Å². The molecule has 1 saturated heterocycles. The highest BCUT2D eigenvalue weighted by Crippen LogP contribution is 2.16. The first-order valence-corrected chi connectivity index (χ1v) is 7.95. The highest BCUT2D eigenvalue weighted by Gasteiger charge is 2.22. The number of morpholine rings is 1. The number of amides is 1. The Morgan fingerprint density at radius 3 is 2.96 bits per heavy atom. The summed E-state index contributed by atoms with van der Waals surface area (Å²) in [6, 6.07) is 7.72. The number of methoxy groups -OCH3 is 1. The number of carbonyl (C=O) groups is 1. The van der Waals surface area contributed by atoms with E-state index in [9.17, 15) is 4.79 Å². The van der Waals surface area contributed by atoms with Crippen LogP contribution in [0.4, 0.5) is 0 Å². The van der Waals surface area contributed by atoms with E-state index in [1.54, 1.807) is 7.11 Å². The molecule has 6 nitrogen and oxygen atoms in total. The van der Waals surface area contributed by atoms with Gasteiger partial charge in [-0.1, -0.05) is 18.2 Å². The van der Waals surface area contributed by atoms with Crippen LogP contribution in [-0.2, 0) is 16.1 Å². The Balaban J connectivity index is 1.78. The zero-order chi connectivity index (χ0) is 16.7. The van der Waals surface area contributed by atoms with Gasteiger partial charge in [-0.05, 0) is 20.2 Å². The lowest BCUT2D eigenvalue weighted by Crippen LogP contribution is -2.49. The van der Waals surface area contributed by atoms with Gasteiger partial charge >= 0.3 is 0 Å². The summed E-state index contributed by atoms with van der Waals surface area (Å²) in [5.41, 5.74) is 0.982. The molecule has 1 aliphatic heterocycles. The number of nitrogens with one attached hydrogen (secondary N) is 1. The number of ether oxygens (including phenoxy) is 2. The molecule has 0 aromatic heterocycles. The molecule has 1 aliphatic rings. The van der Waals surface area contributed by atoms with Crippen LogP contribution in [0.15, 0.2) is 24.3 Å². The van der Waals surface area contributed by atoms with E-state index in [1.165, 1.54) is 0 Å². The van der Waals surface area contributed by atoms with E-state index in [2.05, 4.69) is 15.1 Å². The normalized spacial score (nSPS) is 18.9. The molecule has 0 unspecified atom stereocenters. The molecule has 1 amide bonds. The molecule has 1 heterocycles. The smallest absolute Gasteiger partial charge is 0.234 e. The van der Waals surface area contributed by atoms with Gasteiger partial charge in [-0.3, -0.25) is 9.69 Å². The van der Waals surface area contributed by atoms with Crippen LogP contribution in [-0.4, -0.2) is 75.8 Å². The third-order valence-corrected chi connectivity index (χ3v) is 3.83. The first-order chi connectivity index (χ1) is 11.1. The third-order valence-electron chi connectivity index (χ3n) is 3.83. The number of carbonyl (C=O) groups excluding carboxylic acids is 1. The minimum atomic E-state index is 0.0291. The molecular formula is C17H27N3O3. The van der Waals surface area contributed by atoms with Gasteiger partial charge in [0, 0.05) is 31.7 Å². The van der Waals surface area contributed by atoms with Crippen LogP contribution in [0.25, 0.3) is 0 Å². The Hall–Kier alpha value is -1.63. The summed E-state index contributed by atoms with van der Waals surface area (Å²) in [4.78, 5) is 16.4. The van der Waals surface area contributed by atoms with Crippen molar-refractivity contribution in [2.24, 2.45) is 0 Å². The van der Waals surface area contributed by atoms with Crippen LogP contribution in [0.3, 0.4) is 0 Å². The zero-order valence-corrected chi connectivity index (χ0v) is 14.2. The Kier molecular flexibility index (Phi) is 6.83. The lowest BCUT2D eigenvalue weighted by Gasteiger charge is -2.33. The number of para-hydroxylation sites is 1. The van der Waals surface area contributed by atoms with E-state index >= 15 is 0 Å². The van der Waals surface area contributed by atoms with Gasteiger partial charge in [0.25, 0.3) is 0 Å². The minimum Gasteiger partial charge on any atom is -0.496 e. The van der Waals surface area contributed by atoms with E-state index < -0.39 is 0 Å². The maximum atomic E-state index is 12.2. The van der Waals surface area contributed by atoms with Crippen molar-refractivity contribution >= 4 is 5.91 Å². The standard InChI is InChI=1S/C17H27N3O3/c1-19(2)11-15-12-20(8-9-23-15)13-17(21)18-10-14-6-4-5-7-16(14)22-3/h4-7,15H,8-13H2,1-3H3,(H,18,21)/t15-/m0/s1. The van der Waals surface area contributed by atoms with Crippen LogP contribution < -0.4 is 10.1 Å². The number of rotatable bonds is 7.